The van der Waals surface area contributed by atoms with E-state index in [1.807, 2.05) is 13.8 Å². The minimum absolute atomic E-state index is 0.681. The molecule has 0 aliphatic carbocycles. The Balaban J connectivity index is 1.63. The molecule has 0 amide bonds. The van der Waals surface area contributed by atoms with Gasteiger partial charge in [-0.05, 0) is 57.0 Å². The maximum atomic E-state index is 5.22. The maximum absolute atomic E-state index is 5.22. The number of benzene rings is 2. The molecule has 4 aromatic rings. The number of hydrogen-bond acceptors (Lipinski definition) is 4. The Morgan fingerprint density at radius 2 is 1.92 bits per heavy atom. The van der Waals surface area contributed by atoms with Crippen LogP contribution < -0.4 is 5.32 Å². The van der Waals surface area contributed by atoms with Gasteiger partial charge in [-0.15, -0.1) is 0 Å². The predicted molar refractivity (Wildman–Crippen MR) is 104 cm³/mol. The zero-order chi connectivity index (χ0) is 18.3. The Morgan fingerprint density at radius 1 is 1.08 bits per heavy atom. The zero-order valence-corrected chi connectivity index (χ0v) is 15.5. The number of hydrogen-bond donors (Lipinski definition) is 2. The minimum atomic E-state index is 0.681. The molecule has 0 atom stereocenters. The largest absolute Gasteiger partial charge is 0.381 e. The van der Waals surface area contributed by atoms with Crippen molar-refractivity contribution in [1.82, 2.24) is 15.1 Å². The van der Waals surface area contributed by atoms with Gasteiger partial charge in [0.05, 0.1) is 16.7 Å². The fourth-order valence-electron chi connectivity index (χ4n) is 3.20. The van der Waals surface area contributed by atoms with Gasteiger partial charge in [-0.2, -0.15) is 0 Å². The first-order valence-corrected chi connectivity index (χ1v) is 8.75. The maximum Gasteiger partial charge on any atom is 0.138 e. The number of nitrogens with zero attached hydrogens (tertiary/aromatic N) is 2. The number of H-pyrrole nitrogens is 1. The summed E-state index contributed by atoms with van der Waals surface area (Å²) in [4.78, 5) is 8.23. The van der Waals surface area contributed by atoms with Crippen molar-refractivity contribution in [3.05, 3.63) is 64.5 Å². The highest BCUT2D eigenvalue weighted by Gasteiger charge is 2.11. The van der Waals surface area contributed by atoms with Gasteiger partial charge in [0.2, 0.25) is 0 Å². The third-order valence-corrected chi connectivity index (χ3v) is 4.99. The van der Waals surface area contributed by atoms with E-state index >= 15 is 0 Å². The van der Waals surface area contributed by atoms with Crippen LogP contribution in [0.5, 0.6) is 0 Å². The molecule has 0 aliphatic heterocycles. The van der Waals surface area contributed by atoms with E-state index in [1.165, 1.54) is 11.1 Å². The van der Waals surface area contributed by atoms with Crippen LogP contribution in [0.3, 0.4) is 0 Å². The molecule has 0 bridgehead atoms. The third-order valence-electron chi connectivity index (χ3n) is 4.99. The predicted octanol–water partition coefficient (Wildman–Crippen LogP) is 5.06. The highest BCUT2D eigenvalue weighted by atomic mass is 16.5. The molecular weight excluding hydrogens is 324 g/mol. The van der Waals surface area contributed by atoms with Crippen molar-refractivity contribution in [3.8, 4) is 11.4 Å². The molecule has 2 aromatic carbocycles. The Morgan fingerprint density at radius 3 is 2.69 bits per heavy atom. The van der Waals surface area contributed by atoms with Crippen molar-refractivity contribution in [1.29, 1.82) is 0 Å². The summed E-state index contributed by atoms with van der Waals surface area (Å²) in [5.41, 5.74) is 8.70. The molecule has 2 N–H and O–H groups in total. The number of aromatic amines is 1. The lowest BCUT2D eigenvalue weighted by Gasteiger charge is -2.05. The second kappa shape index (κ2) is 6.33. The number of imidazole rings is 1. The van der Waals surface area contributed by atoms with Gasteiger partial charge in [0.1, 0.15) is 11.6 Å². The van der Waals surface area contributed by atoms with Crippen LogP contribution in [0, 0.1) is 27.7 Å². The molecule has 2 aromatic heterocycles. The first kappa shape index (κ1) is 16.4. The van der Waals surface area contributed by atoms with E-state index in [-0.39, 0.29) is 0 Å². The van der Waals surface area contributed by atoms with Gasteiger partial charge in [-0.1, -0.05) is 23.4 Å². The van der Waals surface area contributed by atoms with Crippen LogP contribution in [0.1, 0.15) is 28.1 Å². The molecule has 0 aliphatic rings. The quantitative estimate of drug-likeness (QED) is 0.542. The highest BCUT2D eigenvalue weighted by Crippen LogP contribution is 2.27. The van der Waals surface area contributed by atoms with Crippen LogP contribution in [0.2, 0.25) is 0 Å². The first-order chi connectivity index (χ1) is 12.5. The molecule has 0 unspecified atom stereocenters. The summed E-state index contributed by atoms with van der Waals surface area (Å²) in [6.07, 6.45) is 0. The van der Waals surface area contributed by atoms with Crippen LogP contribution in [0.4, 0.5) is 5.69 Å². The third kappa shape index (κ3) is 2.86. The topological polar surface area (TPSA) is 66.7 Å². The molecule has 0 saturated heterocycles. The van der Waals surface area contributed by atoms with Crippen LogP contribution >= 0.6 is 0 Å². The normalized spacial score (nSPS) is 11.2. The summed E-state index contributed by atoms with van der Waals surface area (Å²) in [7, 11) is 0. The molecule has 0 saturated carbocycles. The number of fused-ring (bicyclic) bond motifs is 1. The van der Waals surface area contributed by atoms with Gasteiger partial charge < -0.3 is 14.8 Å². The van der Waals surface area contributed by atoms with E-state index in [0.29, 0.717) is 6.54 Å². The lowest BCUT2D eigenvalue weighted by Crippen LogP contribution is -2.01. The SMILES string of the molecule is Cc1cccc(-c2nc3cc(NCc4c(C)noc4C)ccc3[nH]2)c1C. The second-order valence-electron chi connectivity index (χ2n) is 6.72. The fourth-order valence-corrected chi connectivity index (χ4v) is 3.20. The Labute approximate surface area is 152 Å². The lowest BCUT2D eigenvalue weighted by molar-refractivity contribution is 0.392. The smallest absolute Gasteiger partial charge is 0.138 e. The molecule has 2 heterocycles. The number of aromatic nitrogens is 3. The molecule has 0 spiro atoms. The van der Waals surface area contributed by atoms with Crippen molar-refractivity contribution >= 4 is 16.7 Å². The second-order valence-corrected chi connectivity index (χ2v) is 6.72. The summed E-state index contributed by atoms with van der Waals surface area (Å²) in [6, 6.07) is 12.5. The number of aryl methyl sites for hydroxylation is 3. The van der Waals surface area contributed by atoms with Crippen molar-refractivity contribution in [2.45, 2.75) is 34.2 Å². The molecule has 0 fully saturated rings. The van der Waals surface area contributed by atoms with Crippen molar-refractivity contribution in [2.75, 3.05) is 5.32 Å². The minimum Gasteiger partial charge on any atom is -0.381 e. The summed E-state index contributed by atoms with van der Waals surface area (Å²) < 4.78 is 5.22. The van der Waals surface area contributed by atoms with Gasteiger partial charge in [-0.3, -0.25) is 0 Å². The standard InChI is InChI=1S/C21H22N4O/c1-12-6-5-7-17(13(12)2)21-23-19-9-8-16(10-20(19)24-21)22-11-18-14(3)25-26-15(18)4/h5-10,22H,11H2,1-4H3,(H,23,24). The number of anilines is 1. The first-order valence-electron chi connectivity index (χ1n) is 8.75. The van der Waals surface area contributed by atoms with Crippen LogP contribution in [-0.4, -0.2) is 15.1 Å². The van der Waals surface area contributed by atoms with E-state index in [4.69, 9.17) is 9.51 Å². The fraction of sp³-hybridized carbons (Fsp3) is 0.238. The van der Waals surface area contributed by atoms with Gasteiger partial charge >= 0.3 is 0 Å². The molecule has 5 nitrogen and oxygen atoms in total. The number of nitrogens with one attached hydrogen (secondary N) is 2. The highest BCUT2D eigenvalue weighted by molar-refractivity contribution is 5.83. The van der Waals surface area contributed by atoms with Gasteiger partial charge in [0, 0.05) is 23.4 Å². The van der Waals surface area contributed by atoms with E-state index in [9.17, 15) is 0 Å². The molecule has 4 rings (SSSR count). The summed E-state index contributed by atoms with van der Waals surface area (Å²) in [6.45, 7) is 8.83. The van der Waals surface area contributed by atoms with Crippen LogP contribution in [0.25, 0.3) is 22.4 Å². The van der Waals surface area contributed by atoms with Gasteiger partial charge in [0.15, 0.2) is 0 Å². The monoisotopic (exact) mass is 346 g/mol. The van der Waals surface area contributed by atoms with E-state index < -0.39 is 0 Å². The Bertz CT molecular complexity index is 1070. The zero-order valence-electron chi connectivity index (χ0n) is 15.5. The Hall–Kier alpha value is -3.08. The molecule has 0 radical (unpaired) electrons. The van der Waals surface area contributed by atoms with Crippen LogP contribution in [-0.2, 0) is 6.54 Å². The van der Waals surface area contributed by atoms with E-state index in [2.05, 4.69) is 65.7 Å². The average Bonchev–Trinajstić information content (AvgIpc) is 3.18. The average molecular weight is 346 g/mol. The Kier molecular flexibility index (Phi) is 3.99. The van der Waals surface area contributed by atoms with Crippen molar-refractivity contribution in [2.24, 2.45) is 0 Å². The lowest BCUT2D eigenvalue weighted by atomic mass is 10.0. The number of rotatable bonds is 4. The van der Waals surface area contributed by atoms with Crippen molar-refractivity contribution < 1.29 is 4.52 Å². The van der Waals surface area contributed by atoms with Crippen molar-refractivity contribution in [3.63, 3.8) is 0 Å². The van der Waals surface area contributed by atoms with E-state index in [0.717, 1.165) is 45.1 Å². The molecule has 5 heteroatoms. The molecule has 132 valence electrons. The summed E-state index contributed by atoms with van der Waals surface area (Å²) >= 11 is 0. The summed E-state index contributed by atoms with van der Waals surface area (Å²) in [5, 5.41) is 7.43. The summed E-state index contributed by atoms with van der Waals surface area (Å²) in [5.74, 6) is 1.76. The van der Waals surface area contributed by atoms with Gasteiger partial charge in [-0.25, -0.2) is 4.98 Å². The van der Waals surface area contributed by atoms with Gasteiger partial charge in [0.25, 0.3) is 0 Å². The molecular formula is C21H22N4O. The van der Waals surface area contributed by atoms with Crippen LogP contribution in [0.15, 0.2) is 40.9 Å². The van der Waals surface area contributed by atoms with E-state index in [1.54, 1.807) is 0 Å². The molecule has 26 heavy (non-hydrogen) atoms.